The molecule has 9 nitrogen and oxygen atoms in total. The second-order valence-electron chi connectivity index (χ2n) is 10.4. The lowest BCUT2D eigenvalue weighted by Crippen LogP contribution is -2.29. The molecule has 0 fully saturated rings. The molecule has 0 bridgehead atoms. The second-order valence-corrected chi connectivity index (χ2v) is 10.4. The van der Waals surface area contributed by atoms with Crippen LogP contribution in [0.15, 0.2) is 39.6 Å². The Hall–Kier alpha value is -3.90. The van der Waals surface area contributed by atoms with Crippen molar-refractivity contribution >= 4 is 11.2 Å². The van der Waals surface area contributed by atoms with Gasteiger partial charge >= 0.3 is 5.69 Å². The van der Waals surface area contributed by atoms with E-state index in [1.54, 1.807) is 16.2 Å². The van der Waals surface area contributed by atoms with Gasteiger partial charge in [-0.1, -0.05) is 26.8 Å². The van der Waals surface area contributed by atoms with E-state index in [1.807, 2.05) is 30.3 Å². The number of aryl methyl sites for hydroxylation is 1. The Morgan fingerprint density at radius 2 is 2.03 bits per heavy atom. The number of pyridine rings is 1. The zero-order chi connectivity index (χ0) is 24.9. The molecule has 0 radical (unpaired) electrons. The van der Waals surface area contributed by atoms with Crippen molar-refractivity contribution in [3.63, 3.8) is 0 Å². The third-order valence-electron chi connectivity index (χ3n) is 6.39. The van der Waals surface area contributed by atoms with Gasteiger partial charge in [0.1, 0.15) is 0 Å². The summed E-state index contributed by atoms with van der Waals surface area (Å²) < 4.78 is 8.59. The summed E-state index contributed by atoms with van der Waals surface area (Å²) in [6, 6.07) is 11.8. The summed E-state index contributed by atoms with van der Waals surface area (Å²) in [6.07, 6.45) is 0.672. The Morgan fingerprint density at radius 1 is 1.23 bits per heavy atom. The average Bonchev–Trinajstić information content (AvgIpc) is 3.30. The van der Waals surface area contributed by atoms with E-state index in [1.165, 1.54) is 0 Å². The molecular formula is C26H28N6O3. The Bertz CT molecular complexity index is 1530. The van der Waals surface area contributed by atoms with Crippen LogP contribution in [0.25, 0.3) is 22.4 Å². The monoisotopic (exact) mass is 472 g/mol. The zero-order valence-electron chi connectivity index (χ0n) is 20.4. The van der Waals surface area contributed by atoms with Gasteiger partial charge in [-0.2, -0.15) is 5.26 Å². The van der Waals surface area contributed by atoms with Crippen LogP contribution in [-0.2, 0) is 33.1 Å². The number of nitrogens with zero attached hydrogens (tertiary/aromatic N) is 6. The Balaban J connectivity index is 1.49. The molecule has 180 valence electrons. The van der Waals surface area contributed by atoms with Crippen molar-refractivity contribution in [1.82, 2.24) is 24.2 Å². The molecule has 3 aromatic heterocycles. The number of imidazole rings is 1. The van der Waals surface area contributed by atoms with Crippen LogP contribution in [-0.4, -0.2) is 35.8 Å². The molecule has 0 spiro atoms. The molecule has 0 atom stereocenters. The lowest BCUT2D eigenvalue weighted by molar-refractivity contribution is 0.210. The van der Waals surface area contributed by atoms with Crippen molar-refractivity contribution in [2.24, 2.45) is 12.5 Å². The minimum absolute atomic E-state index is 0.0208. The fourth-order valence-electron chi connectivity index (χ4n) is 4.70. The maximum absolute atomic E-state index is 12.9. The number of rotatable bonds is 4. The summed E-state index contributed by atoms with van der Waals surface area (Å²) in [7, 11) is 1.73. The van der Waals surface area contributed by atoms with Gasteiger partial charge in [0.25, 0.3) is 5.88 Å². The molecule has 5 rings (SSSR count). The predicted molar refractivity (Wildman–Crippen MR) is 131 cm³/mol. The molecule has 0 amide bonds. The Kier molecular flexibility index (Phi) is 5.49. The topological polar surface area (TPSA) is 113 Å². The number of benzene rings is 1. The van der Waals surface area contributed by atoms with Crippen LogP contribution in [0.3, 0.4) is 0 Å². The molecule has 1 aliphatic rings. The van der Waals surface area contributed by atoms with Crippen LogP contribution in [0.2, 0.25) is 0 Å². The third-order valence-corrected chi connectivity index (χ3v) is 6.39. The highest BCUT2D eigenvalue weighted by Gasteiger charge is 2.24. The first kappa shape index (κ1) is 22.9. The molecule has 4 aromatic rings. The summed E-state index contributed by atoms with van der Waals surface area (Å²) >= 11 is 0. The van der Waals surface area contributed by atoms with Crippen LogP contribution < -0.4 is 5.69 Å². The Labute approximate surface area is 202 Å². The fourth-order valence-corrected chi connectivity index (χ4v) is 4.70. The van der Waals surface area contributed by atoms with Crippen LogP contribution in [0.5, 0.6) is 5.88 Å². The van der Waals surface area contributed by atoms with E-state index in [9.17, 15) is 15.2 Å². The van der Waals surface area contributed by atoms with E-state index in [2.05, 4.69) is 36.9 Å². The third kappa shape index (κ3) is 4.21. The summed E-state index contributed by atoms with van der Waals surface area (Å²) in [4.78, 5) is 19.9. The number of nitriles is 1. The molecule has 1 aromatic carbocycles. The van der Waals surface area contributed by atoms with Gasteiger partial charge in [0, 0.05) is 32.2 Å². The summed E-state index contributed by atoms with van der Waals surface area (Å²) in [5.74, 6) is 0.669. The van der Waals surface area contributed by atoms with E-state index < -0.39 is 0 Å². The van der Waals surface area contributed by atoms with Gasteiger partial charge in [0.2, 0.25) is 0 Å². The smallest absolute Gasteiger partial charge is 0.330 e. The largest absolute Gasteiger partial charge is 0.491 e. The van der Waals surface area contributed by atoms with E-state index in [0.717, 1.165) is 28.8 Å². The molecule has 0 saturated carbocycles. The molecule has 1 N–H and O–H groups in total. The number of fused-ring (bicyclic) bond motifs is 2. The van der Waals surface area contributed by atoms with E-state index in [0.29, 0.717) is 48.7 Å². The highest BCUT2D eigenvalue weighted by Crippen LogP contribution is 2.29. The van der Waals surface area contributed by atoms with Crippen molar-refractivity contribution in [3.05, 3.63) is 63.3 Å². The maximum Gasteiger partial charge on any atom is 0.330 e. The normalized spacial score (nSPS) is 14.3. The van der Waals surface area contributed by atoms with Gasteiger partial charge in [-0.3, -0.25) is 14.0 Å². The maximum atomic E-state index is 12.9. The molecule has 0 aliphatic carbocycles. The predicted octanol–water partition coefficient (Wildman–Crippen LogP) is 3.57. The van der Waals surface area contributed by atoms with Crippen molar-refractivity contribution in [1.29, 1.82) is 5.26 Å². The highest BCUT2D eigenvalue weighted by atomic mass is 16.5. The molecular weight excluding hydrogens is 444 g/mol. The summed E-state index contributed by atoms with van der Waals surface area (Å²) in [5, 5.41) is 23.2. The van der Waals surface area contributed by atoms with E-state index in [4.69, 9.17) is 9.51 Å². The van der Waals surface area contributed by atoms with Crippen molar-refractivity contribution in [2.75, 3.05) is 6.54 Å². The fraction of sp³-hybridized carbons (Fsp3) is 0.385. The number of hydrogen-bond acceptors (Lipinski definition) is 7. The first-order valence-electron chi connectivity index (χ1n) is 11.6. The Morgan fingerprint density at radius 3 is 2.77 bits per heavy atom. The summed E-state index contributed by atoms with van der Waals surface area (Å²) in [5.41, 5.74) is 4.95. The van der Waals surface area contributed by atoms with Gasteiger partial charge in [-0.25, -0.2) is 9.78 Å². The van der Waals surface area contributed by atoms with Crippen LogP contribution in [0, 0.1) is 16.7 Å². The zero-order valence-corrected chi connectivity index (χ0v) is 20.4. The second kappa shape index (κ2) is 8.40. The molecule has 9 heteroatoms. The van der Waals surface area contributed by atoms with E-state index in [-0.39, 0.29) is 17.0 Å². The van der Waals surface area contributed by atoms with Gasteiger partial charge in [0.15, 0.2) is 11.4 Å². The molecule has 35 heavy (non-hydrogen) atoms. The van der Waals surface area contributed by atoms with Crippen LogP contribution in [0.4, 0.5) is 0 Å². The van der Waals surface area contributed by atoms with E-state index >= 15 is 0 Å². The van der Waals surface area contributed by atoms with Crippen molar-refractivity contribution in [3.8, 4) is 23.2 Å². The summed E-state index contributed by atoms with van der Waals surface area (Å²) in [6.45, 7) is 8.86. The van der Waals surface area contributed by atoms with Gasteiger partial charge in [-0.05, 0) is 46.8 Å². The lowest BCUT2D eigenvalue weighted by atomic mass is 9.97. The van der Waals surface area contributed by atoms with Crippen molar-refractivity contribution < 1.29 is 9.63 Å². The standard InChI is InChI=1S/C26H28N6O3/c1-26(2,3)15-32-21-8-7-20(28-23(21)30(4)25(32)34)19-11-16(5-6-17(19)12-27)13-31-10-9-18-22(14-31)35-29-24(18)33/h5-8,11H,9-10,13-15H2,1-4H3,(H,29,33). The first-order chi connectivity index (χ1) is 16.6. The van der Waals surface area contributed by atoms with Crippen molar-refractivity contribution in [2.45, 2.75) is 46.8 Å². The van der Waals surface area contributed by atoms with Gasteiger partial charge in [0.05, 0.1) is 35.0 Å². The average molecular weight is 473 g/mol. The highest BCUT2D eigenvalue weighted by molar-refractivity contribution is 5.78. The number of hydrogen-bond donors (Lipinski definition) is 1. The molecule has 0 unspecified atom stereocenters. The minimum atomic E-state index is -0.100. The molecule has 1 aliphatic heterocycles. The first-order valence-corrected chi connectivity index (χ1v) is 11.6. The lowest BCUT2D eigenvalue weighted by Gasteiger charge is -2.25. The minimum Gasteiger partial charge on any atom is -0.491 e. The molecule has 4 heterocycles. The molecule has 0 saturated heterocycles. The van der Waals surface area contributed by atoms with Gasteiger partial charge < -0.3 is 9.63 Å². The van der Waals surface area contributed by atoms with Gasteiger partial charge in [-0.15, -0.1) is 0 Å². The number of aromatic hydroxyl groups is 1. The van der Waals surface area contributed by atoms with Crippen LogP contribution >= 0.6 is 0 Å². The number of aromatic nitrogens is 4. The SMILES string of the molecule is Cn1c(=O)n(CC(C)(C)C)c2ccc(-c3cc(CN4CCc5c(O)noc5C4)ccc3C#N)nc21. The quantitative estimate of drug-likeness (QED) is 0.483. The van der Waals surface area contributed by atoms with Crippen LogP contribution in [0.1, 0.15) is 43.2 Å².